The van der Waals surface area contributed by atoms with E-state index >= 15 is 0 Å². The molecule has 2 aromatic carbocycles. The fourth-order valence-electron chi connectivity index (χ4n) is 2.48. The summed E-state index contributed by atoms with van der Waals surface area (Å²) < 4.78 is 5.37. The molecule has 0 aliphatic carbocycles. The molecule has 2 aromatic rings. The number of amides is 2. The van der Waals surface area contributed by atoms with Crippen LogP contribution in [0.1, 0.15) is 5.56 Å². The molecule has 0 radical (unpaired) electrons. The lowest BCUT2D eigenvalue weighted by Crippen LogP contribution is -2.32. The van der Waals surface area contributed by atoms with Crippen LogP contribution in [0, 0.1) is 0 Å². The second kappa shape index (κ2) is 10.7. The summed E-state index contributed by atoms with van der Waals surface area (Å²) in [5.74, 6) is -0.548. The van der Waals surface area contributed by atoms with Gasteiger partial charge in [-0.15, -0.1) is 11.7 Å². The summed E-state index contributed by atoms with van der Waals surface area (Å²) in [6.45, 7) is 3.56. The normalized spacial score (nSPS) is 16.1. The number of benzene rings is 2. The molecular weight excluding hydrogens is 481 g/mol. The Kier molecular flexibility index (Phi) is 8.03. The molecule has 1 N–H and O–H groups in total. The third-order valence-electron chi connectivity index (χ3n) is 3.91. The van der Waals surface area contributed by atoms with Gasteiger partial charge >= 0.3 is 0 Å². The first-order chi connectivity index (χ1) is 14.9. The van der Waals surface area contributed by atoms with Crippen molar-refractivity contribution in [2.45, 2.75) is 0 Å². The molecule has 1 heterocycles. The Bertz CT molecular complexity index is 1070. The summed E-state index contributed by atoms with van der Waals surface area (Å²) in [5.41, 5.74) is 3.26. The van der Waals surface area contributed by atoms with Crippen LogP contribution in [0.15, 0.2) is 65.1 Å². The van der Waals surface area contributed by atoms with Crippen molar-refractivity contribution in [1.29, 1.82) is 0 Å². The Morgan fingerprint density at radius 2 is 1.87 bits per heavy atom. The van der Waals surface area contributed by atoms with Gasteiger partial charge in [0.05, 0.1) is 20.0 Å². The van der Waals surface area contributed by atoms with Crippen molar-refractivity contribution < 1.29 is 14.3 Å². The second-order valence-electron chi connectivity index (χ2n) is 6.14. The highest BCUT2D eigenvalue weighted by atomic mass is 35.5. The molecule has 6 nitrogen and oxygen atoms in total. The number of thioether (sulfide) groups is 1. The molecule has 1 aliphatic heterocycles. The fourth-order valence-corrected chi connectivity index (χ4v) is 4.02. The van der Waals surface area contributed by atoms with Crippen LogP contribution in [0.3, 0.4) is 0 Å². The summed E-state index contributed by atoms with van der Waals surface area (Å²) in [6.07, 6.45) is 3.35. The molecule has 1 saturated heterocycles. The maximum absolute atomic E-state index is 12.7. The minimum Gasteiger partial charge on any atom is -0.482 e. The van der Waals surface area contributed by atoms with E-state index in [1.165, 1.54) is 17.0 Å². The van der Waals surface area contributed by atoms with Crippen molar-refractivity contribution in [3.8, 4) is 5.75 Å². The number of ether oxygens (including phenoxy) is 1. The van der Waals surface area contributed by atoms with Crippen molar-refractivity contribution in [3.05, 3.63) is 80.7 Å². The largest absolute Gasteiger partial charge is 0.482 e. The molecule has 31 heavy (non-hydrogen) atoms. The minimum absolute atomic E-state index is 0.214. The van der Waals surface area contributed by atoms with Crippen LogP contribution < -0.4 is 10.2 Å². The summed E-state index contributed by atoms with van der Waals surface area (Å²) in [5, 5.41) is 5.14. The predicted molar refractivity (Wildman–Crippen MR) is 126 cm³/mol. The van der Waals surface area contributed by atoms with E-state index in [4.69, 9.17) is 39.5 Å². The Hall–Kier alpha value is -2.45. The Balaban J connectivity index is 1.67. The predicted octanol–water partition coefficient (Wildman–Crippen LogP) is 5.22. The molecule has 0 unspecified atom stereocenters. The number of hydrazone groups is 1. The van der Waals surface area contributed by atoms with E-state index in [0.717, 1.165) is 17.3 Å². The standard InChI is InChI=1S/C21H16Cl3N3O3S/c1-2-8-27-20(29)18(9-13-6-4-3-5-7-13)31-21(27)26-25-19(28)12-30-17-11-15(23)14(22)10-16(17)24/h2-7,9-11H,1,8,12H2,(H,25,28). The number of halogens is 3. The van der Waals surface area contributed by atoms with E-state index in [-0.39, 0.29) is 39.9 Å². The first-order valence-electron chi connectivity index (χ1n) is 8.90. The lowest BCUT2D eigenvalue weighted by Gasteiger charge is -2.12. The van der Waals surface area contributed by atoms with Gasteiger partial charge in [-0.1, -0.05) is 71.2 Å². The molecule has 10 heteroatoms. The third kappa shape index (κ3) is 6.04. The number of nitrogens with zero attached hydrogens (tertiary/aromatic N) is 2. The lowest BCUT2D eigenvalue weighted by molar-refractivity contribution is -0.123. The minimum atomic E-state index is -0.540. The monoisotopic (exact) mass is 495 g/mol. The molecule has 0 saturated carbocycles. The van der Waals surface area contributed by atoms with Crippen LogP contribution >= 0.6 is 46.6 Å². The highest BCUT2D eigenvalue weighted by molar-refractivity contribution is 8.18. The molecule has 0 atom stereocenters. The molecule has 3 rings (SSSR count). The van der Waals surface area contributed by atoms with Crippen LogP contribution in [0.2, 0.25) is 15.1 Å². The van der Waals surface area contributed by atoms with Crippen molar-refractivity contribution in [3.63, 3.8) is 0 Å². The molecule has 0 spiro atoms. The van der Waals surface area contributed by atoms with Gasteiger partial charge in [0, 0.05) is 12.6 Å². The first kappa shape index (κ1) is 23.2. The summed E-state index contributed by atoms with van der Waals surface area (Å²) in [7, 11) is 0. The number of amidine groups is 1. The van der Waals surface area contributed by atoms with Crippen LogP contribution in [-0.4, -0.2) is 35.0 Å². The SMILES string of the molecule is C=CCN1C(=O)C(=Cc2ccccc2)SC1=NNC(=O)COc1cc(Cl)c(Cl)cc1Cl. The van der Waals surface area contributed by atoms with E-state index < -0.39 is 5.91 Å². The van der Waals surface area contributed by atoms with Gasteiger partial charge in [0.2, 0.25) is 0 Å². The number of rotatable bonds is 7. The van der Waals surface area contributed by atoms with Gasteiger partial charge in [-0.05, 0) is 29.5 Å². The molecular formula is C21H16Cl3N3O3S. The van der Waals surface area contributed by atoms with Gasteiger partial charge in [-0.25, -0.2) is 5.43 Å². The number of nitrogens with one attached hydrogen (secondary N) is 1. The van der Waals surface area contributed by atoms with Crippen LogP contribution in [0.5, 0.6) is 5.75 Å². The molecule has 2 amide bonds. The fraction of sp³-hybridized carbons (Fsp3) is 0.0952. The maximum atomic E-state index is 12.7. The summed E-state index contributed by atoms with van der Waals surface area (Å²) >= 11 is 19.0. The smallest absolute Gasteiger partial charge is 0.278 e. The zero-order valence-electron chi connectivity index (χ0n) is 16.0. The van der Waals surface area contributed by atoms with E-state index in [0.29, 0.717) is 10.1 Å². The highest BCUT2D eigenvalue weighted by Crippen LogP contribution is 2.34. The number of carbonyl (C=O) groups is 2. The number of carbonyl (C=O) groups excluding carboxylic acids is 2. The van der Waals surface area contributed by atoms with E-state index in [1.54, 1.807) is 12.2 Å². The molecule has 1 aliphatic rings. The van der Waals surface area contributed by atoms with Crippen molar-refractivity contribution in [1.82, 2.24) is 10.3 Å². The third-order valence-corrected chi connectivity index (χ3v) is 5.93. The van der Waals surface area contributed by atoms with E-state index in [2.05, 4.69) is 17.1 Å². The molecule has 160 valence electrons. The van der Waals surface area contributed by atoms with Gasteiger partial charge in [0.15, 0.2) is 11.8 Å². The Morgan fingerprint density at radius 3 is 2.58 bits per heavy atom. The van der Waals surface area contributed by atoms with Gasteiger partial charge in [-0.2, -0.15) is 0 Å². The van der Waals surface area contributed by atoms with Gasteiger partial charge < -0.3 is 4.74 Å². The van der Waals surface area contributed by atoms with E-state index in [9.17, 15) is 9.59 Å². The van der Waals surface area contributed by atoms with Gasteiger partial charge in [-0.3, -0.25) is 14.5 Å². The second-order valence-corrected chi connectivity index (χ2v) is 8.37. The zero-order chi connectivity index (χ0) is 22.4. The van der Waals surface area contributed by atoms with Gasteiger partial charge in [0.1, 0.15) is 5.75 Å². The molecule has 0 aromatic heterocycles. The first-order valence-corrected chi connectivity index (χ1v) is 10.9. The van der Waals surface area contributed by atoms with Crippen molar-refractivity contribution in [2.24, 2.45) is 5.10 Å². The maximum Gasteiger partial charge on any atom is 0.278 e. The molecule has 1 fully saturated rings. The summed E-state index contributed by atoms with van der Waals surface area (Å²) in [4.78, 5) is 26.8. The Labute approximate surface area is 198 Å². The summed E-state index contributed by atoms with van der Waals surface area (Å²) in [6, 6.07) is 12.3. The van der Waals surface area contributed by atoms with Crippen LogP contribution in [-0.2, 0) is 9.59 Å². The highest BCUT2D eigenvalue weighted by Gasteiger charge is 2.32. The lowest BCUT2D eigenvalue weighted by atomic mass is 10.2. The van der Waals surface area contributed by atoms with Crippen molar-refractivity contribution in [2.75, 3.05) is 13.2 Å². The average Bonchev–Trinajstić information content (AvgIpc) is 3.04. The van der Waals surface area contributed by atoms with E-state index in [1.807, 2.05) is 30.3 Å². The van der Waals surface area contributed by atoms with Crippen LogP contribution in [0.4, 0.5) is 0 Å². The van der Waals surface area contributed by atoms with Crippen molar-refractivity contribution >= 4 is 69.6 Å². The number of hydrogen-bond donors (Lipinski definition) is 1. The molecule has 0 bridgehead atoms. The Morgan fingerprint density at radius 1 is 1.16 bits per heavy atom. The number of hydrogen-bond acceptors (Lipinski definition) is 5. The van der Waals surface area contributed by atoms with Crippen LogP contribution in [0.25, 0.3) is 6.08 Å². The topological polar surface area (TPSA) is 71.0 Å². The zero-order valence-corrected chi connectivity index (χ0v) is 19.1. The average molecular weight is 497 g/mol. The van der Waals surface area contributed by atoms with Gasteiger partial charge in [0.25, 0.3) is 11.8 Å². The quantitative estimate of drug-likeness (QED) is 0.247.